The average molecular weight is 327 g/mol. The zero-order valence-corrected chi connectivity index (χ0v) is 14.7. The molecule has 0 aliphatic rings. The number of benzene rings is 2. The highest BCUT2D eigenvalue weighted by Crippen LogP contribution is 2.21. The van der Waals surface area contributed by atoms with Gasteiger partial charge in [-0.15, -0.1) is 0 Å². The van der Waals surface area contributed by atoms with Crippen molar-refractivity contribution in [3.05, 3.63) is 54.1 Å². The van der Waals surface area contributed by atoms with E-state index in [-0.39, 0.29) is 18.1 Å². The molecule has 4 heteroatoms. The molecule has 2 aromatic rings. The zero-order valence-electron chi connectivity index (χ0n) is 14.7. The van der Waals surface area contributed by atoms with Crippen LogP contribution in [-0.2, 0) is 0 Å². The van der Waals surface area contributed by atoms with Gasteiger partial charge >= 0.3 is 0 Å². The minimum atomic E-state index is -0.175. The number of carbonyl (C=O) groups is 1. The number of anilines is 1. The first-order chi connectivity index (χ1) is 11.5. The molecule has 1 unspecified atom stereocenters. The summed E-state index contributed by atoms with van der Waals surface area (Å²) < 4.78 is 11.4. The number of ether oxygens (including phenoxy) is 2. The van der Waals surface area contributed by atoms with E-state index in [0.717, 1.165) is 12.2 Å². The second kappa shape index (κ2) is 8.39. The van der Waals surface area contributed by atoms with Crippen LogP contribution in [0, 0.1) is 0 Å². The molecule has 24 heavy (non-hydrogen) atoms. The summed E-state index contributed by atoms with van der Waals surface area (Å²) in [6, 6.07) is 14.6. The fourth-order valence-electron chi connectivity index (χ4n) is 2.15. The van der Waals surface area contributed by atoms with E-state index in [9.17, 15) is 4.79 Å². The van der Waals surface area contributed by atoms with Gasteiger partial charge in [0.2, 0.25) is 0 Å². The van der Waals surface area contributed by atoms with Gasteiger partial charge in [-0.1, -0.05) is 19.1 Å². The van der Waals surface area contributed by atoms with Crippen LogP contribution in [0.4, 0.5) is 5.69 Å². The molecule has 0 spiro atoms. The summed E-state index contributed by atoms with van der Waals surface area (Å²) in [4.78, 5) is 12.4. The Labute approximate surface area is 143 Å². The molecule has 0 heterocycles. The van der Waals surface area contributed by atoms with E-state index in [1.807, 2.05) is 57.2 Å². The molecule has 0 fully saturated rings. The molecular weight excluding hydrogens is 302 g/mol. The average Bonchev–Trinajstić information content (AvgIpc) is 2.54. The molecule has 0 saturated carbocycles. The molecule has 4 nitrogen and oxygen atoms in total. The summed E-state index contributed by atoms with van der Waals surface area (Å²) in [5, 5.41) is 2.89. The maximum absolute atomic E-state index is 12.4. The van der Waals surface area contributed by atoms with Crippen molar-refractivity contribution in [2.45, 2.75) is 46.3 Å². The lowest BCUT2D eigenvalue weighted by atomic mass is 10.2. The summed E-state index contributed by atoms with van der Waals surface area (Å²) in [6.07, 6.45) is 1.12. The van der Waals surface area contributed by atoms with Crippen molar-refractivity contribution >= 4 is 11.6 Å². The first kappa shape index (κ1) is 17.9. The highest BCUT2D eigenvalue weighted by molar-refractivity contribution is 6.04. The maximum atomic E-state index is 12.4. The third-order valence-corrected chi connectivity index (χ3v) is 3.47. The molecule has 1 atom stereocenters. The largest absolute Gasteiger partial charge is 0.491 e. The summed E-state index contributed by atoms with van der Waals surface area (Å²) in [5.74, 6) is 1.26. The van der Waals surface area contributed by atoms with E-state index in [1.54, 1.807) is 12.1 Å². The predicted octanol–water partition coefficient (Wildman–Crippen LogP) is 4.90. The van der Waals surface area contributed by atoms with Crippen LogP contribution in [0.3, 0.4) is 0 Å². The standard InChI is InChI=1S/C20H25NO3/c1-5-15(4)24-18-10-6-8-16(12-18)20(22)21-17-9-7-11-19(13-17)23-14(2)3/h6-15H,5H2,1-4H3,(H,21,22). The first-order valence-electron chi connectivity index (χ1n) is 8.32. The quantitative estimate of drug-likeness (QED) is 0.786. The fraction of sp³-hybridized carbons (Fsp3) is 0.350. The van der Waals surface area contributed by atoms with Crippen molar-refractivity contribution in [2.75, 3.05) is 5.32 Å². The van der Waals surface area contributed by atoms with Gasteiger partial charge in [-0.25, -0.2) is 0 Å². The van der Waals surface area contributed by atoms with Gasteiger partial charge in [0.15, 0.2) is 0 Å². The molecule has 0 radical (unpaired) electrons. The Balaban J connectivity index is 2.08. The monoisotopic (exact) mass is 327 g/mol. The first-order valence-corrected chi connectivity index (χ1v) is 8.32. The molecule has 1 amide bonds. The Hall–Kier alpha value is -2.49. The van der Waals surface area contributed by atoms with Crippen LogP contribution in [0.25, 0.3) is 0 Å². The van der Waals surface area contributed by atoms with E-state index in [0.29, 0.717) is 17.0 Å². The maximum Gasteiger partial charge on any atom is 0.255 e. The SMILES string of the molecule is CCC(C)Oc1cccc(C(=O)Nc2cccc(OC(C)C)c2)c1. The van der Waals surface area contributed by atoms with E-state index in [2.05, 4.69) is 12.2 Å². The van der Waals surface area contributed by atoms with Gasteiger partial charge in [-0.3, -0.25) is 4.79 Å². The lowest BCUT2D eigenvalue weighted by molar-refractivity contribution is 0.102. The molecular formula is C20H25NO3. The van der Waals surface area contributed by atoms with Gasteiger partial charge < -0.3 is 14.8 Å². The third-order valence-electron chi connectivity index (χ3n) is 3.47. The second-order valence-corrected chi connectivity index (χ2v) is 6.01. The van der Waals surface area contributed by atoms with Crippen LogP contribution in [-0.4, -0.2) is 18.1 Å². The highest BCUT2D eigenvalue weighted by Gasteiger charge is 2.09. The van der Waals surface area contributed by atoms with Gasteiger partial charge in [-0.05, 0) is 57.5 Å². The zero-order chi connectivity index (χ0) is 17.5. The molecule has 2 aromatic carbocycles. The Bertz CT molecular complexity index is 682. The third kappa shape index (κ3) is 5.30. The summed E-state index contributed by atoms with van der Waals surface area (Å²) in [7, 11) is 0. The van der Waals surface area contributed by atoms with E-state index >= 15 is 0 Å². The fourth-order valence-corrected chi connectivity index (χ4v) is 2.15. The van der Waals surface area contributed by atoms with Crippen molar-refractivity contribution in [3.8, 4) is 11.5 Å². The Kier molecular flexibility index (Phi) is 6.24. The van der Waals surface area contributed by atoms with Gasteiger partial charge in [0.05, 0.1) is 12.2 Å². The molecule has 0 aromatic heterocycles. The van der Waals surface area contributed by atoms with Gasteiger partial charge in [0, 0.05) is 17.3 Å². The number of nitrogens with one attached hydrogen (secondary N) is 1. The molecule has 0 bridgehead atoms. The van der Waals surface area contributed by atoms with Gasteiger partial charge in [0.1, 0.15) is 11.5 Å². The molecule has 0 aliphatic carbocycles. The summed E-state index contributed by atoms with van der Waals surface area (Å²) in [5.41, 5.74) is 1.26. The van der Waals surface area contributed by atoms with Crippen molar-refractivity contribution in [1.82, 2.24) is 0 Å². The van der Waals surface area contributed by atoms with Crippen LogP contribution in [0.15, 0.2) is 48.5 Å². The van der Waals surface area contributed by atoms with Crippen LogP contribution in [0.2, 0.25) is 0 Å². The molecule has 128 valence electrons. The number of hydrogen-bond acceptors (Lipinski definition) is 3. The molecule has 0 saturated heterocycles. The van der Waals surface area contributed by atoms with E-state index in [4.69, 9.17) is 9.47 Å². The van der Waals surface area contributed by atoms with Crippen LogP contribution in [0.5, 0.6) is 11.5 Å². The smallest absolute Gasteiger partial charge is 0.255 e. The highest BCUT2D eigenvalue weighted by atomic mass is 16.5. The van der Waals surface area contributed by atoms with Crippen LogP contribution in [0.1, 0.15) is 44.5 Å². The Morgan fingerprint density at radius 2 is 1.67 bits per heavy atom. The number of rotatable bonds is 7. The minimum Gasteiger partial charge on any atom is -0.491 e. The van der Waals surface area contributed by atoms with Gasteiger partial charge in [-0.2, -0.15) is 0 Å². The second-order valence-electron chi connectivity index (χ2n) is 6.01. The predicted molar refractivity (Wildman–Crippen MR) is 97.0 cm³/mol. The van der Waals surface area contributed by atoms with Crippen molar-refractivity contribution < 1.29 is 14.3 Å². The van der Waals surface area contributed by atoms with Gasteiger partial charge in [0.25, 0.3) is 5.91 Å². The molecule has 1 N–H and O–H groups in total. The van der Waals surface area contributed by atoms with Crippen molar-refractivity contribution in [1.29, 1.82) is 0 Å². The summed E-state index contributed by atoms with van der Waals surface area (Å²) in [6.45, 7) is 8.00. The molecule has 0 aliphatic heterocycles. The lowest BCUT2D eigenvalue weighted by Gasteiger charge is -2.14. The van der Waals surface area contributed by atoms with Crippen molar-refractivity contribution in [3.63, 3.8) is 0 Å². The van der Waals surface area contributed by atoms with E-state index in [1.165, 1.54) is 0 Å². The van der Waals surface area contributed by atoms with Crippen molar-refractivity contribution in [2.24, 2.45) is 0 Å². The number of amides is 1. The summed E-state index contributed by atoms with van der Waals surface area (Å²) >= 11 is 0. The number of carbonyl (C=O) groups excluding carboxylic acids is 1. The van der Waals surface area contributed by atoms with Crippen LogP contribution >= 0.6 is 0 Å². The van der Waals surface area contributed by atoms with E-state index < -0.39 is 0 Å². The Morgan fingerprint density at radius 3 is 2.33 bits per heavy atom. The normalized spacial score (nSPS) is 11.9. The Morgan fingerprint density at radius 1 is 1.00 bits per heavy atom. The topological polar surface area (TPSA) is 47.6 Å². The number of hydrogen-bond donors (Lipinski definition) is 1. The van der Waals surface area contributed by atoms with Crippen LogP contribution < -0.4 is 14.8 Å². The molecule has 2 rings (SSSR count). The minimum absolute atomic E-state index is 0.0883. The lowest BCUT2D eigenvalue weighted by Crippen LogP contribution is -2.14.